The fourth-order valence-electron chi connectivity index (χ4n) is 3.44. The first-order chi connectivity index (χ1) is 15.6. The fraction of sp³-hybridized carbons (Fsp3) is 0.273. The van der Waals surface area contributed by atoms with Gasteiger partial charge in [-0.3, -0.25) is 19.7 Å². The minimum atomic E-state index is -0.744. The lowest BCUT2D eigenvalue weighted by Crippen LogP contribution is -2.15. The smallest absolute Gasteiger partial charge is 0.362 e. The van der Waals surface area contributed by atoms with Crippen LogP contribution in [0.3, 0.4) is 0 Å². The molecule has 0 unspecified atom stereocenters. The Labute approximate surface area is 188 Å². The van der Waals surface area contributed by atoms with Crippen molar-refractivity contribution < 1.29 is 28.8 Å². The molecule has 3 aromatic rings. The highest BCUT2D eigenvalue weighted by Crippen LogP contribution is 2.24. The number of hydrogen-bond donors (Lipinski definition) is 1. The van der Waals surface area contributed by atoms with Gasteiger partial charge in [0.1, 0.15) is 0 Å². The number of carbonyl (C=O) groups is 3. The van der Waals surface area contributed by atoms with Crippen molar-refractivity contribution in [3.63, 3.8) is 0 Å². The Morgan fingerprint density at radius 3 is 2.39 bits per heavy atom. The third-order valence-corrected chi connectivity index (χ3v) is 4.90. The number of ketones is 2. The predicted molar refractivity (Wildman–Crippen MR) is 116 cm³/mol. The number of benzene rings is 1. The lowest BCUT2D eigenvalue weighted by atomic mass is 10.1. The van der Waals surface area contributed by atoms with Crippen LogP contribution in [-0.2, 0) is 4.74 Å². The molecule has 0 radical (unpaired) electrons. The number of nitro benzene ring substituents is 1. The molecular formula is C22H22N4O7. The SMILES string of the molecule is CCOC(=O)c1nn(-c2ccc([N+](=O)[O-])cc2)cc1OCC(=O)c1[nH]c(C)c(C(C)=O)c1C. The zero-order valence-electron chi connectivity index (χ0n) is 18.5. The first-order valence-electron chi connectivity index (χ1n) is 10.0. The summed E-state index contributed by atoms with van der Waals surface area (Å²) in [5.41, 5.74) is 2.01. The summed E-state index contributed by atoms with van der Waals surface area (Å²) in [5, 5.41) is 15.0. The maximum Gasteiger partial charge on any atom is 0.362 e. The summed E-state index contributed by atoms with van der Waals surface area (Å²) in [4.78, 5) is 50.2. The topological polar surface area (TPSA) is 146 Å². The van der Waals surface area contributed by atoms with Crippen LogP contribution in [0.15, 0.2) is 30.5 Å². The van der Waals surface area contributed by atoms with E-state index in [4.69, 9.17) is 9.47 Å². The first-order valence-corrected chi connectivity index (χ1v) is 10.0. The maximum atomic E-state index is 12.7. The number of aryl methyl sites for hydroxylation is 1. The van der Waals surface area contributed by atoms with E-state index in [1.165, 1.54) is 42.1 Å². The van der Waals surface area contributed by atoms with E-state index in [0.717, 1.165) is 0 Å². The van der Waals surface area contributed by atoms with Gasteiger partial charge < -0.3 is 14.5 Å². The molecule has 11 heteroatoms. The van der Waals surface area contributed by atoms with E-state index in [2.05, 4.69) is 10.1 Å². The van der Waals surface area contributed by atoms with Gasteiger partial charge in [0, 0.05) is 23.4 Å². The van der Waals surface area contributed by atoms with Gasteiger partial charge in [0.25, 0.3) is 5.69 Å². The molecule has 172 valence electrons. The molecule has 1 aromatic carbocycles. The third kappa shape index (κ3) is 4.81. The molecule has 0 saturated carbocycles. The molecule has 0 atom stereocenters. The van der Waals surface area contributed by atoms with E-state index >= 15 is 0 Å². The highest BCUT2D eigenvalue weighted by Gasteiger charge is 2.24. The third-order valence-electron chi connectivity index (χ3n) is 4.90. The van der Waals surface area contributed by atoms with Crippen molar-refractivity contribution in [3.8, 4) is 11.4 Å². The fourth-order valence-corrected chi connectivity index (χ4v) is 3.44. The second kappa shape index (κ2) is 9.47. The largest absolute Gasteiger partial charge is 0.481 e. The molecule has 2 aromatic heterocycles. The minimum Gasteiger partial charge on any atom is -0.481 e. The van der Waals surface area contributed by atoms with Crippen LogP contribution in [0.4, 0.5) is 5.69 Å². The van der Waals surface area contributed by atoms with Crippen molar-refractivity contribution >= 4 is 23.2 Å². The molecule has 0 aliphatic carbocycles. The standard InChI is InChI=1S/C22H22N4O7/c1-5-32-22(29)21-18(10-25(24-21)15-6-8-16(9-7-15)26(30)31)33-11-17(28)20-12(2)19(14(4)27)13(3)23-20/h6-10,23H,5,11H2,1-4H3. The van der Waals surface area contributed by atoms with Gasteiger partial charge in [0.15, 0.2) is 18.1 Å². The number of nitrogens with zero attached hydrogens (tertiary/aromatic N) is 3. The van der Waals surface area contributed by atoms with E-state index in [0.29, 0.717) is 22.5 Å². The number of ether oxygens (including phenoxy) is 2. The van der Waals surface area contributed by atoms with Gasteiger partial charge in [0.2, 0.25) is 11.5 Å². The van der Waals surface area contributed by atoms with Gasteiger partial charge in [-0.2, -0.15) is 5.10 Å². The van der Waals surface area contributed by atoms with Crippen LogP contribution >= 0.6 is 0 Å². The highest BCUT2D eigenvalue weighted by molar-refractivity contribution is 6.03. The molecule has 1 N–H and O–H groups in total. The molecule has 0 aliphatic heterocycles. The molecule has 3 rings (SSSR count). The van der Waals surface area contributed by atoms with Crippen LogP contribution in [0.5, 0.6) is 5.75 Å². The molecular weight excluding hydrogens is 432 g/mol. The normalized spacial score (nSPS) is 10.7. The number of carbonyl (C=O) groups excluding carboxylic acids is 3. The first kappa shape index (κ1) is 23.4. The Hall–Kier alpha value is -4.28. The van der Waals surface area contributed by atoms with Crippen LogP contribution < -0.4 is 4.74 Å². The van der Waals surface area contributed by atoms with Crippen molar-refractivity contribution in [3.05, 3.63) is 68.8 Å². The number of nitro groups is 1. The summed E-state index contributed by atoms with van der Waals surface area (Å²) >= 11 is 0. The number of aromatic amines is 1. The molecule has 0 fully saturated rings. The van der Waals surface area contributed by atoms with Crippen LogP contribution in [0.1, 0.15) is 56.4 Å². The summed E-state index contributed by atoms with van der Waals surface area (Å²) in [7, 11) is 0. The lowest BCUT2D eigenvalue weighted by Gasteiger charge is -2.05. The monoisotopic (exact) mass is 454 g/mol. The average Bonchev–Trinajstić information content (AvgIpc) is 3.33. The number of esters is 1. The molecule has 0 bridgehead atoms. The van der Waals surface area contributed by atoms with Crippen LogP contribution in [0.25, 0.3) is 5.69 Å². The zero-order valence-corrected chi connectivity index (χ0v) is 18.5. The summed E-state index contributed by atoms with van der Waals surface area (Å²) in [6.45, 7) is 6.12. The Kier molecular flexibility index (Phi) is 6.71. The summed E-state index contributed by atoms with van der Waals surface area (Å²) in [6, 6.07) is 5.52. The zero-order chi connectivity index (χ0) is 24.3. The van der Waals surface area contributed by atoms with Crippen LogP contribution in [0, 0.1) is 24.0 Å². The number of H-pyrrole nitrogens is 1. The van der Waals surface area contributed by atoms with Crippen molar-refractivity contribution in [1.82, 2.24) is 14.8 Å². The average molecular weight is 454 g/mol. The van der Waals surface area contributed by atoms with Gasteiger partial charge in [-0.05, 0) is 45.4 Å². The summed E-state index contributed by atoms with van der Waals surface area (Å²) in [6.07, 6.45) is 1.38. The minimum absolute atomic E-state index is 0.00729. The Morgan fingerprint density at radius 2 is 1.85 bits per heavy atom. The second-order valence-corrected chi connectivity index (χ2v) is 7.17. The van der Waals surface area contributed by atoms with E-state index in [1.807, 2.05) is 0 Å². The quantitative estimate of drug-likeness (QED) is 0.224. The summed E-state index contributed by atoms with van der Waals surface area (Å²) < 4.78 is 11.9. The molecule has 33 heavy (non-hydrogen) atoms. The Balaban J connectivity index is 1.88. The second-order valence-electron chi connectivity index (χ2n) is 7.17. The van der Waals surface area contributed by atoms with Crippen molar-refractivity contribution in [2.45, 2.75) is 27.7 Å². The van der Waals surface area contributed by atoms with E-state index in [-0.39, 0.29) is 35.2 Å². The summed E-state index contributed by atoms with van der Waals surface area (Å²) in [5.74, 6) is -1.31. The lowest BCUT2D eigenvalue weighted by molar-refractivity contribution is -0.384. The number of rotatable bonds is 9. The van der Waals surface area contributed by atoms with E-state index < -0.39 is 23.3 Å². The highest BCUT2D eigenvalue weighted by atomic mass is 16.6. The maximum absolute atomic E-state index is 12.7. The Bertz CT molecular complexity index is 1240. The molecule has 11 nitrogen and oxygen atoms in total. The van der Waals surface area contributed by atoms with Gasteiger partial charge in [0.05, 0.1) is 29.1 Å². The van der Waals surface area contributed by atoms with Gasteiger partial charge in [-0.15, -0.1) is 0 Å². The number of hydrogen-bond acceptors (Lipinski definition) is 8. The molecule has 0 amide bonds. The van der Waals surface area contributed by atoms with Crippen molar-refractivity contribution in [2.24, 2.45) is 0 Å². The Morgan fingerprint density at radius 1 is 1.18 bits per heavy atom. The van der Waals surface area contributed by atoms with Gasteiger partial charge >= 0.3 is 5.97 Å². The number of Topliss-reactive ketones (excluding diaryl/α,β-unsaturated/α-hetero) is 2. The number of aromatic nitrogens is 3. The number of non-ortho nitro benzene ring substituents is 1. The molecule has 0 saturated heterocycles. The number of nitrogens with one attached hydrogen (secondary N) is 1. The van der Waals surface area contributed by atoms with Crippen LogP contribution in [0.2, 0.25) is 0 Å². The van der Waals surface area contributed by atoms with Gasteiger partial charge in [-0.25, -0.2) is 9.48 Å². The van der Waals surface area contributed by atoms with Crippen LogP contribution in [-0.4, -0.2) is 50.4 Å². The van der Waals surface area contributed by atoms with E-state index in [1.54, 1.807) is 20.8 Å². The van der Waals surface area contributed by atoms with Crippen molar-refractivity contribution in [2.75, 3.05) is 13.2 Å². The van der Waals surface area contributed by atoms with E-state index in [9.17, 15) is 24.5 Å². The molecule has 0 aliphatic rings. The van der Waals surface area contributed by atoms with Gasteiger partial charge in [-0.1, -0.05) is 0 Å². The predicted octanol–water partition coefficient (Wildman–Crippen LogP) is 3.37. The molecule has 2 heterocycles. The van der Waals surface area contributed by atoms with Crippen molar-refractivity contribution in [1.29, 1.82) is 0 Å². The molecule has 0 spiro atoms.